The number of hydrogen-bond donors (Lipinski definition) is 2. The minimum Gasteiger partial charge on any atom is -0.507 e. The molecular formula is C18H22BrClN2O3S2. The molecule has 9 heteroatoms. The van der Waals surface area contributed by atoms with Crippen LogP contribution in [-0.4, -0.2) is 43.8 Å². The maximum atomic E-state index is 12.6. The lowest BCUT2D eigenvalue weighted by Crippen LogP contribution is -2.25. The van der Waals surface area contributed by atoms with Gasteiger partial charge in [0.25, 0.3) is 10.0 Å². The van der Waals surface area contributed by atoms with Gasteiger partial charge in [0.05, 0.1) is 5.69 Å². The minimum absolute atomic E-state index is 0.201. The van der Waals surface area contributed by atoms with Crippen molar-refractivity contribution in [2.75, 3.05) is 30.1 Å². The fraction of sp³-hybridized carbons (Fsp3) is 0.333. The molecule has 0 fully saturated rings. The van der Waals surface area contributed by atoms with E-state index in [1.165, 1.54) is 12.1 Å². The Balaban J connectivity index is 2.16. The van der Waals surface area contributed by atoms with Gasteiger partial charge >= 0.3 is 0 Å². The van der Waals surface area contributed by atoms with Gasteiger partial charge in [-0.1, -0.05) is 41.4 Å². The number of halogens is 2. The molecule has 2 aromatic rings. The fourth-order valence-electron chi connectivity index (χ4n) is 2.45. The molecule has 2 aromatic carbocycles. The van der Waals surface area contributed by atoms with Gasteiger partial charge in [-0.25, -0.2) is 8.42 Å². The van der Waals surface area contributed by atoms with Crippen LogP contribution in [0, 0.1) is 0 Å². The van der Waals surface area contributed by atoms with Crippen LogP contribution < -0.4 is 4.72 Å². The first-order valence-corrected chi connectivity index (χ1v) is 12.1. The number of nitrogens with zero attached hydrogens (tertiary/aromatic N) is 1. The molecule has 0 aromatic heterocycles. The number of benzene rings is 2. The lowest BCUT2D eigenvalue weighted by Gasteiger charge is -2.17. The number of phenols is 1. The van der Waals surface area contributed by atoms with E-state index in [1.54, 1.807) is 30.0 Å². The highest BCUT2D eigenvalue weighted by Gasteiger charge is 2.19. The Morgan fingerprint density at radius 1 is 1.19 bits per heavy atom. The van der Waals surface area contributed by atoms with Crippen molar-refractivity contribution in [3.05, 3.63) is 45.9 Å². The van der Waals surface area contributed by atoms with Gasteiger partial charge in [0.15, 0.2) is 0 Å². The van der Waals surface area contributed by atoms with Crippen LogP contribution >= 0.6 is 39.3 Å². The van der Waals surface area contributed by atoms with Crippen molar-refractivity contribution in [1.82, 2.24) is 4.90 Å². The van der Waals surface area contributed by atoms with Gasteiger partial charge in [-0.05, 0) is 49.5 Å². The van der Waals surface area contributed by atoms with Crippen LogP contribution in [0.15, 0.2) is 50.7 Å². The molecule has 2 N–H and O–H groups in total. The Morgan fingerprint density at radius 2 is 1.89 bits per heavy atom. The van der Waals surface area contributed by atoms with Gasteiger partial charge in [0.1, 0.15) is 10.6 Å². The van der Waals surface area contributed by atoms with Crippen LogP contribution in [0.4, 0.5) is 5.69 Å². The SMILES string of the molecule is CCN(CC)CCSc1cc(Cl)cc(NS(=O)(=O)c2cc(Br)ccc2O)c1. The monoisotopic (exact) mass is 492 g/mol. The smallest absolute Gasteiger partial charge is 0.265 e. The molecule has 2 rings (SSSR count). The quantitative estimate of drug-likeness (QED) is 0.479. The minimum atomic E-state index is -3.95. The fourth-order valence-corrected chi connectivity index (χ4v) is 5.43. The number of sulfonamides is 1. The standard InChI is InChI=1S/C18H22BrClN2O3S2/c1-3-22(4-2)7-8-26-16-11-14(20)10-15(12-16)21-27(24,25)18-9-13(19)5-6-17(18)23/h5-6,9-12,21,23H,3-4,7-8H2,1-2H3. The summed E-state index contributed by atoms with van der Waals surface area (Å²) >= 11 is 11.0. The molecule has 0 aliphatic rings. The van der Waals surface area contributed by atoms with E-state index < -0.39 is 10.0 Å². The number of hydrogen-bond acceptors (Lipinski definition) is 5. The summed E-state index contributed by atoms with van der Waals surface area (Å²) in [6.45, 7) is 7.17. The Kier molecular flexibility index (Phi) is 8.30. The van der Waals surface area contributed by atoms with E-state index in [4.69, 9.17) is 11.6 Å². The molecule has 0 spiro atoms. The van der Waals surface area contributed by atoms with E-state index in [2.05, 4.69) is 39.4 Å². The number of anilines is 1. The third-order valence-electron chi connectivity index (χ3n) is 3.91. The van der Waals surface area contributed by atoms with Crippen molar-refractivity contribution in [3.8, 4) is 5.75 Å². The van der Waals surface area contributed by atoms with Crippen LogP contribution in [-0.2, 0) is 10.0 Å². The lowest BCUT2D eigenvalue weighted by atomic mass is 10.3. The van der Waals surface area contributed by atoms with Crippen molar-refractivity contribution in [1.29, 1.82) is 0 Å². The first-order valence-electron chi connectivity index (χ1n) is 8.42. The van der Waals surface area contributed by atoms with E-state index in [9.17, 15) is 13.5 Å². The van der Waals surface area contributed by atoms with E-state index in [0.717, 1.165) is 30.3 Å². The van der Waals surface area contributed by atoms with E-state index in [0.29, 0.717) is 15.2 Å². The summed E-state index contributed by atoms with van der Waals surface area (Å²) in [4.78, 5) is 3.00. The molecule has 148 valence electrons. The van der Waals surface area contributed by atoms with Crippen LogP contribution in [0.2, 0.25) is 5.02 Å². The zero-order chi connectivity index (χ0) is 20.0. The molecule has 5 nitrogen and oxygen atoms in total. The second kappa shape index (κ2) is 10.0. The summed E-state index contributed by atoms with van der Waals surface area (Å²) in [6, 6.07) is 9.34. The van der Waals surface area contributed by atoms with Crippen molar-refractivity contribution < 1.29 is 13.5 Å². The Bertz CT molecular complexity index is 890. The average Bonchev–Trinajstić information content (AvgIpc) is 2.60. The second-order valence-corrected chi connectivity index (χ2v) is 9.94. The summed E-state index contributed by atoms with van der Waals surface area (Å²) in [7, 11) is -3.95. The van der Waals surface area contributed by atoms with Crippen molar-refractivity contribution in [2.45, 2.75) is 23.6 Å². The molecule has 27 heavy (non-hydrogen) atoms. The normalized spacial score (nSPS) is 11.7. The summed E-state index contributed by atoms with van der Waals surface area (Å²) in [5.74, 6) is 0.558. The molecule has 0 unspecified atom stereocenters. The molecule has 0 aliphatic heterocycles. The van der Waals surface area contributed by atoms with Crippen LogP contribution in [0.3, 0.4) is 0 Å². The van der Waals surface area contributed by atoms with E-state index in [-0.39, 0.29) is 10.6 Å². The highest BCUT2D eigenvalue weighted by molar-refractivity contribution is 9.10. The Hall–Kier alpha value is -0.930. The zero-order valence-electron chi connectivity index (χ0n) is 15.1. The highest BCUT2D eigenvalue weighted by Crippen LogP contribution is 2.31. The third-order valence-corrected chi connectivity index (χ3v) is 6.98. The Labute approximate surface area is 178 Å². The number of aromatic hydroxyl groups is 1. The summed E-state index contributed by atoms with van der Waals surface area (Å²) in [5.41, 5.74) is 0.354. The van der Waals surface area contributed by atoms with Gasteiger partial charge in [0.2, 0.25) is 0 Å². The van der Waals surface area contributed by atoms with Gasteiger partial charge < -0.3 is 10.0 Å². The molecule has 0 saturated heterocycles. The molecule has 0 amide bonds. The number of phenolic OH excluding ortho intramolecular Hbond substituents is 1. The molecule has 0 heterocycles. The van der Waals surface area contributed by atoms with Gasteiger partial charge in [-0.15, -0.1) is 11.8 Å². The lowest BCUT2D eigenvalue weighted by molar-refractivity contribution is 0.324. The van der Waals surface area contributed by atoms with Crippen molar-refractivity contribution in [3.63, 3.8) is 0 Å². The van der Waals surface area contributed by atoms with Crippen LogP contribution in [0.1, 0.15) is 13.8 Å². The molecule has 0 saturated carbocycles. The second-order valence-electron chi connectivity index (χ2n) is 5.77. The summed E-state index contributed by atoms with van der Waals surface area (Å²) in [6.07, 6.45) is 0. The predicted octanol–water partition coefficient (Wildman–Crippen LogP) is 5.04. The molecule has 0 bridgehead atoms. The number of thioether (sulfide) groups is 1. The number of rotatable bonds is 9. The molecule has 0 aliphatic carbocycles. The first-order chi connectivity index (χ1) is 12.7. The summed E-state index contributed by atoms with van der Waals surface area (Å²) in [5, 5.41) is 10.3. The van der Waals surface area contributed by atoms with Gasteiger partial charge in [0, 0.05) is 26.7 Å². The maximum Gasteiger partial charge on any atom is 0.265 e. The van der Waals surface area contributed by atoms with E-state index in [1.807, 2.05) is 6.07 Å². The largest absolute Gasteiger partial charge is 0.507 e. The van der Waals surface area contributed by atoms with Crippen LogP contribution in [0.5, 0.6) is 5.75 Å². The average molecular weight is 494 g/mol. The predicted molar refractivity (Wildman–Crippen MR) is 117 cm³/mol. The first kappa shape index (κ1) is 22.4. The molecule has 0 radical (unpaired) electrons. The maximum absolute atomic E-state index is 12.6. The van der Waals surface area contributed by atoms with Gasteiger partial charge in [-0.3, -0.25) is 4.72 Å². The van der Waals surface area contributed by atoms with Crippen LogP contribution in [0.25, 0.3) is 0 Å². The van der Waals surface area contributed by atoms with E-state index >= 15 is 0 Å². The topological polar surface area (TPSA) is 69.6 Å². The van der Waals surface area contributed by atoms with Crippen molar-refractivity contribution in [2.24, 2.45) is 0 Å². The van der Waals surface area contributed by atoms with Gasteiger partial charge in [-0.2, -0.15) is 0 Å². The zero-order valence-corrected chi connectivity index (χ0v) is 19.1. The Morgan fingerprint density at radius 3 is 2.56 bits per heavy atom. The highest BCUT2D eigenvalue weighted by atomic mass is 79.9. The molecule has 0 atom stereocenters. The molecular weight excluding hydrogens is 472 g/mol. The van der Waals surface area contributed by atoms with Crippen molar-refractivity contribution >= 4 is 55.0 Å². The number of nitrogens with one attached hydrogen (secondary N) is 1. The summed E-state index contributed by atoms with van der Waals surface area (Å²) < 4.78 is 28.3. The third kappa shape index (κ3) is 6.57.